The number of methoxy groups -OCH3 is 1. The van der Waals surface area contributed by atoms with Gasteiger partial charge in [0, 0.05) is 35.4 Å². The molecule has 8 heteroatoms. The van der Waals surface area contributed by atoms with Crippen LogP contribution in [0.15, 0.2) is 64.6 Å². The number of rotatable bonds is 3. The monoisotopic (exact) mass is 362 g/mol. The van der Waals surface area contributed by atoms with E-state index in [1.807, 2.05) is 36.4 Å². The highest BCUT2D eigenvalue weighted by molar-refractivity contribution is 6.03. The van der Waals surface area contributed by atoms with Gasteiger partial charge in [-0.2, -0.15) is 0 Å². The predicted molar refractivity (Wildman–Crippen MR) is 103 cm³/mol. The molecular formula is C19H18N6O2. The standard InChI is InChI=1S/C19H18N6O2/c1-12-10-16(26)25-17(13-4-3-9-20-11-13)23-18(24-19(25)21-12)22-14-5-7-15(27-2)8-6-14/h3-11,17H,1-2H3,(H2,21,22,23,24). The Balaban J connectivity index is 1.74. The van der Waals surface area contributed by atoms with Gasteiger partial charge in [-0.3, -0.25) is 19.7 Å². The molecule has 2 N–H and O–H groups in total. The van der Waals surface area contributed by atoms with Gasteiger partial charge in [0.25, 0.3) is 5.56 Å². The Morgan fingerprint density at radius 1 is 1.22 bits per heavy atom. The lowest BCUT2D eigenvalue weighted by Crippen LogP contribution is -2.37. The number of nitrogens with one attached hydrogen (secondary N) is 2. The maximum atomic E-state index is 12.6. The number of aromatic nitrogens is 3. The van der Waals surface area contributed by atoms with Gasteiger partial charge in [0.2, 0.25) is 11.9 Å². The molecule has 136 valence electrons. The van der Waals surface area contributed by atoms with E-state index in [1.165, 1.54) is 10.6 Å². The number of hydrogen-bond acceptors (Lipinski definition) is 7. The maximum Gasteiger partial charge on any atom is 0.257 e. The zero-order valence-corrected chi connectivity index (χ0v) is 14.9. The van der Waals surface area contributed by atoms with E-state index in [4.69, 9.17) is 4.74 Å². The highest BCUT2D eigenvalue weighted by atomic mass is 16.5. The van der Waals surface area contributed by atoms with Crippen molar-refractivity contribution in [3.8, 4) is 5.75 Å². The fourth-order valence-corrected chi connectivity index (χ4v) is 2.88. The summed E-state index contributed by atoms with van der Waals surface area (Å²) in [6, 6.07) is 12.7. The molecule has 0 spiro atoms. The van der Waals surface area contributed by atoms with E-state index in [0.717, 1.165) is 17.0 Å². The topological polar surface area (TPSA) is 93.4 Å². The fraction of sp³-hybridized carbons (Fsp3) is 0.158. The molecule has 0 amide bonds. The summed E-state index contributed by atoms with van der Waals surface area (Å²) < 4.78 is 6.70. The van der Waals surface area contributed by atoms with Gasteiger partial charge in [0.05, 0.1) is 7.11 Å². The quantitative estimate of drug-likeness (QED) is 0.743. The molecule has 1 aromatic carbocycles. The molecule has 3 aromatic rings. The average Bonchev–Trinajstić information content (AvgIpc) is 2.68. The summed E-state index contributed by atoms with van der Waals surface area (Å²) in [5, 5.41) is 6.31. The lowest BCUT2D eigenvalue weighted by molar-refractivity contribution is 0.415. The summed E-state index contributed by atoms with van der Waals surface area (Å²) in [6.07, 6.45) is 2.82. The Bertz CT molecular complexity index is 1040. The van der Waals surface area contributed by atoms with Crippen LogP contribution in [0.5, 0.6) is 5.75 Å². The number of anilines is 2. The average molecular weight is 362 g/mol. The second-order valence-corrected chi connectivity index (χ2v) is 6.05. The molecule has 0 aliphatic carbocycles. The van der Waals surface area contributed by atoms with Crippen molar-refractivity contribution < 1.29 is 4.74 Å². The molecule has 8 nitrogen and oxygen atoms in total. The van der Waals surface area contributed by atoms with Crippen molar-refractivity contribution in [3.05, 3.63) is 76.5 Å². The lowest BCUT2D eigenvalue weighted by Gasteiger charge is -2.26. The van der Waals surface area contributed by atoms with Gasteiger partial charge in [0.1, 0.15) is 5.75 Å². The number of hydrogen-bond donors (Lipinski definition) is 2. The molecule has 2 aromatic heterocycles. The van der Waals surface area contributed by atoms with Gasteiger partial charge in [-0.15, -0.1) is 0 Å². The molecule has 1 aliphatic rings. The van der Waals surface area contributed by atoms with E-state index >= 15 is 0 Å². The molecule has 0 radical (unpaired) electrons. The predicted octanol–water partition coefficient (Wildman–Crippen LogP) is 2.40. The number of benzene rings is 1. The SMILES string of the molecule is COc1ccc(NC2=NC(c3cccnc3)n3c(nc(C)cc3=O)N2)cc1. The van der Waals surface area contributed by atoms with Crippen molar-refractivity contribution in [2.75, 3.05) is 17.7 Å². The van der Waals surface area contributed by atoms with Crippen LogP contribution in [-0.4, -0.2) is 27.6 Å². The maximum absolute atomic E-state index is 12.6. The number of aliphatic imine (C=N–C) groups is 1. The summed E-state index contributed by atoms with van der Waals surface area (Å²) in [7, 11) is 1.62. The molecule has 1 unspecified atom stereocenters. The highest BCUT2D eigenvalue weighted by Gasteiger charge is 2.25. The minimum absolute atomic E-state index is 0.175. The number of pyridine rings is 1. The second kappa shape index (κ2) is 6.91. The molecule has 0 saturated heterocycles. The highest BCUT2D eigenvalue weighted by Crippen LogP contribution is 2.25. The number of nitrogens with zero attached hydrogens (tertiary/aromatic N) is 4. The van der Waals surface area contributed by atoms with Crippen LogP contribution in [0.1, 0.15) is 17.4 Å². The zero-order valence-electron chi connectivity index (χ0n) is 14.9. The van der Waals surface area contributed by atoms with Crippen molar-refractivity contribution in [1.82, 2.24) is 14.5 Å². The van der Waals surface area contributed by atoms with Crippen molar-refractivity contribution in [2.45, 2.75) is 13.1 Å². The number of guanidine groups is 1. The molecule has 1 atom stereocenters. The summed E-state index contributed by atoms with van der Waals surface area (Å²) in [4.78, 5) is 25.8. The molecule has 0 saturated carbocycles. The summed E-state index contributed by atoms with van der Waals surface area (Å²) in [6.45, 7) is 1.78. The molecular weight excluding hydrogens is 344 g/mol. The van der Waals surface area contributed by atoms with Crippen molar-refractivity contribution in [2.24, 2.45) is 4.99 Å². The molecule has 0 fully saturated rings. The van der Waals surface area contributed by atoms with Crippen LogP contribution in [0.3, 0.4) is 0 Å². The zero-order chi connectivity index (χ0) is 18.8. The number of fused-ring (bicyclic) bond motifs is 1. The Hall–Kier alpha value is -3.68. The van der Waals surface area contributed by atoms with Gasteiger partial charge in [-0.1, -0.05) is 6.07 Å². The molecule has 4 rings (SSSR count). The van der Waals surface area contributed by atoms with E-state index in [0.29, 0.717) is 17.6 Å². The minimum Gasteiger partial charge on any atom is -0.497 e. The van der Waals surface area contributed by atoms with Crippen molar-refractivity contribution in [1.29, 1.82) is 0 Å². The Morgan fingerprint density at radius 3 is 2.74 bits per heavy atom. The normalized spacial score (nSPS) is 15.3. The van der Waals surface area contributed by atoms with Crippen LogP contribution in [-0.2, 0) is 0 Å². The van der Waals surface area contributed by atoms with E-state index in [9.17, 15) is 4.79 Å². The third-order valence-corrected chi connectivity index (χ3v) is 4.14. The summed E-state index contributed by atoms with van der Waals surface area (Å²) >= 11 is 0. The first-order valence-corrected chi connectivity index (χ1v) is 8.40. The Morgan fingerprint density at radius 2 is 2.04 bits per heavy atom. The molecule has 0 bridgehead atoms. The largest absolute Gasteiger partial charge is 0.497 e. The third kappa shape index (κ3) is 3.37. The van der Waals surface area contributed by atoms with Gasteiger partial charge < -0.3 is 10.1 Å². The smallest absolute Gasteiger partial charge is 0.257 e. The second-order valence-electron chi connectivity index (χ2n) is 6.05. The lowest BCUT2D eigenvalue weighted by atomic mass is 10.2. The van der Waals surface area contributed by atoms with E-state index in [2.05, 4.69) is 25.6 Å². The van der Waals surface area contributed by atoms with Gasteiger partial charge >= 0.3 is 0 Å². The van der Waals surface area contributed by atoms with Gasteiger partial charge in [-0.05, 0) is 37.3 Å². The van der Waals surface area contributed by atoms with Crippen LogP contribution in [0.4, 0.5) is 11.6 Å². The van der Waals surface area contributed by atoms with Crippen LogP contribution in [0, 0.1) is 6.92 Å². The van der Waals surface area contributed by atoms with E-state index < -0.39 is 6.17 Å². The van der Waals surface area contributed by atoms with E-state index in [-0.39, 0.29) is 5.56 Å². The first kappa shape index (κ1) is 16.8. The van der Waals surface area contributed by atoms with Gasteiger partial charge in [-0.25, -0.2) is 9.98 Å². The first-order valence-electron chi connectivity index (χ1n) is 8.40. The van der Waals surface area contributed by atoms with E-state index in [1.54, 1.807) is 26.4 Å². The van der Waals surface area contributed by atoms with Crippen LogP contribution < -0.4 is 20.9 Å². The first-order chi connectivity index (χ1) is 13.1. The fourth-order valence-electron chi connectivity index (χ4n) is 2.88. The minimum atomic E-state index is -0.559. The third-order valence-electron chi connectivity index (χ3n) is 4.14. The van der Waals surface area contributed by atoms with Crippen molar-refractivity contribution in [3.63, 3.8) is 0 Å². The van der Waals surface area contributed by atoms with Crippen LogP contribution in [0.25, 0.3) is 0 Å². The summed E-state index contributed by atoms with van der Waals surface area (Å²) in [5.41, 5.74) is 2.08. The summed E-state index contributed by atoms with van der Waals surface area (Å²) in [5.74, 6) is 1.69. The molecule has 3 heterocycles. The number of ether oxygens (including phenoxy) is 1. The van der Waals surface area contributed by atoms with Crippen molar-refractivity contribution >= 4 is 17.6 Å². The molecule has 27 heavy (non-hydrogen) atoms. The van der Waals surface area contributed by atoms with Gasteiger partial charge in [0.15, 0.2) is 6.17 Å². The number of aryl methyl sites for hydroxylation is 1. The molecule has 1 aliphatic heterocycles. The Kier molecular flexibility index (Phi) is 4.29. The van der Waals surface area contributed by atoms with Crippen LogP contribution >= 0.6 is 0 Å². The Labute approximate surface area is 155 Å². The van der Waals surface area contributed by atoms with Crippen LogP contribution in [0.2, 0.25) is 0 Å².